The zero-order chi connectivity index (χ0) is 22.7. The summed E-state index contributed by atoms with van der Waals surface area (Å²) in [7, 11) is 0. The fourth-order valence-corrected chi connectivity index (χ4v) is 3.38. The van der Waals surface area contributed by atoms with Crippen LogP contribution in [-0.2, 0) is 4.79 Å². The van der Waals surface area contributed by atoms with Crippen LogP contribution in [0.1, 0.15) is 61.2 Å². The summed E-state index contributed by atoms with van der Waals surface area (Å²) in [6, 6.07) is 5.44. The fourth-order valence-electron chi connectivity index (χ4n) is 3.38. The number of rotatable bonds is 7. The highest BCUT2D eigenvalue weighted by molar-refractivity contribution is 6.10. The van der Waals surface area contributed by atoms with Crippen LogP contribution in [0.3, 0.4) is 0 Å². The number of nitrogens with one attached hydrogen (secondary N) is 1. The standard InChI is InChI=1S/C23H27N3O5/c1-6-26(7-2)20(28)10-13(3)16-8-9-19-17(11-16)21(22(30-19)14(4)27)25-23(29)18-12-24-31-15(18)5/h8-12,14,27H,6-7H2,1-5H3,(H,25,29)/b13-10+. The molecule has 2 N–H and O–H groups in total. The van der Waals surface area contributed by atoms with Crippen LogP contribution in [0.4, 0.5) is 5.69 Å². The molecule has 8 heteroatoms. The van der Waals surface area contributed by atoms with Crippen LogP contribution < -0.4 is 5.32 Å². The number of fused-ring (bicyclic) bond motifs is 1. The fraction of sp³-hybridized carbons (Fsp3) is 0.348. The Kier molecular flexibility index (Phi) is 6.60. The normalized spacial score (nSPS) is 12.8. The molecule has 3 aromatic rings. The molecule has 0 aliphatic rings. The molecule has 164 valence electrons. The molecule has 2 amide bonds. The molecule has 0 aliphatic heterocycles. The molecule has 0 bridgehead atoms. The van der Waals surface area contributed by atoms with Crippen LogP contribution in [0.5, 0.6) is 0 Å². The second-order valence-corrected chi connectivity index (χ2v) is 7.32. The Labute approximate surface area is 180 Å². The van der Waals surface area contributed by atoms with Gasteiger partial charge in [-0.3, -0.25) is 9.59 Å². The number of carbonyl (C=O) groups is 2. The minimum absolute atomic E-state index is 0.0593. The van der Waals surface area contributed by atoms with Crippen molar-refractivity contribution in [2.45, 2.75) is 40.7 Å². The topological polar surface area (TPSA) is 109 Å². The van der Waals surface area contributed by atoms with Gasteiger partial charge in [0.1, 0.15) is 23.0 Å². The number of amides is 2. The smallest absolute Gasteiger partial charge is 0.261 e. The Hall–Kier alpha value is -3.39. The highest BCUT2D eigenvalue weighted by atomic mass is 16.5. The third kappa shape index (κ3) is 4.54. The van der Waals surface area contributed by atoms with Crippen LogP contribution in [0, 0.1) is 6.92 Å². The van der Waals surface area contributed by atoms with E-state index in [9.17, 15) is 14.7 Å². The van der Waals surface area contributed by atoms with Gasteiger partial charge in [0.25, 0.3) is 5.91 Å². The third-order valence-corrected chi connectivity index (χ3v) is 5.20. The molecular weight excluding hydrogens is 398 g/mol. The van der Waals surface area contributed by atoms with Gasteiger partial charge in [0.05, 0.1) is 11.9 Å². The number of nitrogens with zero attached hydrogens (tertiary/aromatic N) is 2. The SMILES string of the molecule is CCN(CC)C(=O)/C=C(\C)c1ccc2oc(C(C)O)c(NC(=O)c3cnoc3C)c2c1. The lowest BCUT2D eigenvalue weighted by Gasteiger charge is -2.16. The van der Waals surface area contributed by atoms with Crippen molar-refractivity contribution in [3.63, 3.8) is 0 Å². The van der Waals surface area contributed by atoms with E-state index in [2.05, 4.69) is 10.5 Å². The third-order valence-electron chi connectivity index (χ3n) is 5.20. The summed E-state index contributed by atoms with van der Waals surface area (Å²) in [6.07, 6.45) is 2.00. The van der Waals surface area contributed by atoms with Crippen molar-refractivity contribution in [3.05, 3.63) is 53.1 Å². The van der Waals surface area contributed by atoms with Crippen molar-refractivity contribution in [3.8, 4) is 0 Å². The number of aromatic nitrogens is 1. The van der Waals surface area contributed by atoms with E-state index in [1.165, 1.54) is 6.20 Å². The van der Waals surface area contributed by atoms with Gasteiger partial charge >= 0.3 is 0 Å². The number of anilines is 1. The molecule has 1 unspecified atom stereocenters. The van der Waals surface area contributed by atoms with Gasteiger partial charge in [-0.15, -0.1) is 0 Å². The lowest BCUT2D eigenvalue weighted by Crippen LogP contribution is -2.28. The van der Waals surface area contributed by atoms with Crippen molar-refractivity contribution < 1.29 is 23.6 Å². The average Bonchev–Trinajstić information content (AvgIpc) is 3.32. The Morgan fingerprint density at radius 3 is 2.58 bits per heavy atom. The summed E-state index contributed by atoms with van der Waals surface area (Å²) in [6.45, 7) is 10.2. The van der Waals surface area contributed by atoms with E-state index < -0.39 is 12.0 Å². The molecule has 0 saturated heterocycles. The first-order chi connectivity index (χ1) is 14.8. The van der Waals surface area contributed by atoms with Crippen LogP contribution in [0.2, 0.25) is 0 Å². The summed E-state index contributed by atoms with van der Waals surface area (Å²) in [4.78, 5) is 26.9. The largest absolute Gasteiger partial charge is 0.456 e. The molecule has 0 aliphatic carbocycles. The van der Waals surface area contributed by atoms with E-state index in [-0.39, 0.29) is 11.7 Å². The highest BCUT2D eigenvalue weighted by Gasteiger charge is 2.23. The maximum absolute atomic E-state index is 12.7. The Bertz CT molecular complexity index is 1140. The lowest BCUT2D eigenvalue weighted by molar-refractivity contribution is -0.125. The number of allylic oxidation sites excluding steroid dienone is 1. The van der Waals surface area contributed by atoms with Crippen LogP contribution >= 0.6 is 0 Å². The summed E-state index contributed by atoms with van der Waals surface area (Å²) in [5.41, 5.74) is 2.77. The molecular formula is C23H27N3O5. The zero-order valence-electron chi connectivity index (χ0n) is 18.4. The molecule has 31 heavy (non-hydrogen) atoms. The number of carbonyl (C=O) groups excluding carboxylic acids is 2. The number of aryl methyl sites for hydroxylation is 1. The molecule has 1 atom stereocenters. The van der Waals surface area contributed by atoms with Crippen LogP contribution in [-0.4, -0.2) is 40.1 Å². The summed E-state index contributed by atoms with van der Waals surface area (Å²) in [5.74, 6) is 0.155. The highest BCUT2D eigenvalue weighted by Crippen LogP contribution is 2.36. The van der Waals surface area contributed by atoms with Gasteiger partial charge in [-0.2, -0.15) is 0 Å². The zero-order valence-corrected chi connectivity index (χ0v) is 18.4. The molecule has 2 aromatic heterocycles. The first-order valence-corrected chi connectivity index (χ1v) is 10.2. The number of hydrogen-bond donors (Lipinski definition) is 2. The van der Waals surface area contributed by atoms with Gasteiger partial charge in [-0.05, 0) is 57.9 Å². The molecule has 1 aromatic carbocycles. The van der Waals surface area contributed by atoms with E-state index in [0.29, 0.717) is 41.1 Å². The minimum atomic E-state index is -0.935. The number of aliphatic hydroxyl groups is 1. The predicted molar refractivity (Wildman–Crippen MR) is 118 cm³/mol. The van der Waals surface area contributed by atoms with Crippen LogP contribution in [0.25, 0.3) is 16.5 Å². The Morgan fingerprint density at radius 1 is 1.29 bits per heavy atom. The Balaban J connectivity index is 2.03. The van der Waals surface area contributed by atoms with E-state index in [4.69, 9.17) is 8.94 Å². The molecule has 2 heterocycles. The maximum Gasteiger partial charge on any atom is 0.261 e. The number of benzene rings is 1. The van der Waals surface area contributed by atoms with Crippen molar-refractivity contribution >= 4 is 34.0 Å². The summed E-state index contributed by atoms with van der Waals surface area (Å²) >= 11 is 0. The second-order valence-electron chi connectivity index (χ2n) is 7.32. The van der Waals surface area contributed by atoms with E-state index in [0.717, 1.165) is 11.1 Å². The quantitative estimate of drug-likeness (QED) is 0.546. The number of furan rings is 1. The molecule has 0 spiro atoms. The number of likely N-dealkylation sites (N-methyl/N-ethyl adjacent to an activating group) is 1. The van der Waals surface area contributed by atoms with Gasteiger partial charge in [0, 0.05) is 24.6 Å². The van der Waals surface area contributed by atoms with Crippen LogP contribution in [0.15, 0.2) is 39.4 Å². The minimum Gasteiger partial charge on any atom is -0.456 e. The van der Waals surface area contributed by atoms with Crippen molar-refractivity contribution in [1.29, 1.82) is 0 Å². The molecule has 0 fully saturated rings. The number of aliphatic hydroxyl groups excluding tert-OH is 1. The summed E-state index contributed by atoms with van der Waals surface area (Å²) < 4.78 is 10.8. The maximum atomic E-state index is 12.7. The van der Waals surface area contributed by atoms with Gasteiger partial charge in [-0.1, -0.05) is 11.2 Å². The van der Waals surface area contributed by atoms with E-state index >= 15 is 0 Å². The molecule has 0 radical (unpaired) electrons. The van der Waals surface area contributed by atoms with Gasteiger partial charge in [0.2, 0.25) is 5.91 Å². The van der Waals surface area contributed by atoms with Gasteiger partial charge in [0.15, 0.2) is 5.76 Å². The average molecular weight is 425 g/mol. The van der Waals surface area contributed by atoms with E-state index in [1.807, 2.05) is 32.9 Å². The van der Waals surface area contributed by atoms with Gasteiger partial charge in [-0.25, -0.2) is 0 Å². The molecule has 3 rings (SSSR count). The second kappa shape index (κ2) is 9.18. The monoisotopic (exact) mass is 425 g/mol. The lowest BCUT2D eigenvalue weighted by atomic mass is 10.0. The predicted octanol–water partition coefficient (Wildman–Crippen LogP) is 4.31. The number of hydrogen-bond acceptors (Lipinski definition) is 6. The first-order valence-electron chi connectivity index (χ1n) is 10.2. The molecule has 0 saturated carbocycles. The molecule has 8 nitrogen and oxygen atoms in total. The van der Waals surface area contributed by atoms with Gasteiger partial charge < -0.3 is 24.3 Å². The first kappa shape index (κ1) is 22.3. The van der Waals surface area contributed by atoms with Crippen molar-refractivity contribution in [1.82, 2.24) is 10.1 Å². The van der Waals surface area contributed by atoms with Crippen molar-refractivity contribution in [2.75, 3.05) is 18.4 Å². The summed E-state index contributed by atoms with van der Waals surface area (Å²) in [5, 5.41) is 17.3. The van der Waals surface area contributed by atoms with Crippen molar-refractivity contribution in [2.24, 2.45) is 0 Å². The Morgan fingerprint density at radius 2 is 2.00 bits per heavy atom. The van der Waals surface area contributed by atoms with E-state index in [1.54, 1.807) is 30.9 Å².